The fourth-order valence-electron chi connectivity index (χ4n) is 13.6. The lowest BCUT2D eigenvalue weighted by Gasteiger charge is -2.40. The minimum absolute atomic E-state index is 0.0972. The van der Waals surface area contributed by atoms with E-state index in [9.17, 15) is 0 Å². The van der Waals surface area contributed by atoms with E-state index in [1.165, 1.54) is 89.9 Å². The summed E-state index contributed by atoms with van der Waals surface area (Å²) in [6.07, 6.45) is 30.5. The van der Waals surface area contributed by atoms with E-state index in [0.717, 1.165) is 198 Å². The van der Waals surface area contributed by atoms with E-state index in [-0.39, 0.29) is 37.0 Å². The number of aliphatic hydroxyl groups is 1. The summed E-state index contributed by atoms with van der Waals surface area (Å²) < 4.78 is 89.4. The second kappa shape index (κ2) is 45.2. The van der Waals surface area contributed by atoms with Crippen molar-refractivity contribution in [2.75, 3.05) is 126 Å². The minimum Gasteiger partial charge on any atom is -0.396 e. The van der Waals surface area contributed by atoms with Crippen LogP contribution in [0.3, 0.4) is 0 Å². The topological polar surface area (TPSA) is 190 Å². The van der Waals surface area contributed by atoms with Gasteiger partial charge in [-0.05, 0) is 166 Å². The Labute approximate surface area is 566 Å². The first kappa shape index (κ1) is 82.9. The molecule has 14 unspecified atom stereocenters. The smallest absolute Gasteiger partial charge is 0.163 e. The van der Waals surface area contributed by atoms with Gasteiger partial charge in [0.15, 0.2) is 24.7 Å². The third kappa shape index (κ3) is 31.0. The van der Waals surface area contributed by atoms with Gasteiger partial charge in [0, 0.05) is 30.7 Å². The van der Waals surface area contributed by atoms with Gasteiger partial charge >= 0.3 is 0 Å². The van der Waals surface area contributed by atoms with Crippen molar-refractivity contribution in [2.45, 2.75) is 312 Å². The van der Waals surface area contributed by atoms with Gasteiger partial charge in [-0.25, -0.2) is 0 Å². The maximum Gasteiger partial charge on any atom is 0.163 e. The Morgan fingerprint density at radius 2 is 1.15 bits per heavy atom. The molecule has 18 nitrogen and oxygen atoms in total. The molecule has 18 heteroatoms. The molecule has 0 radical (unpaired) electrons. The molecule has 4 aliphatic carbocycles. The van der Waals surface area contributed by atoms with E-state index in [0.29, 0.717) is 48.6 Å². The first-order valence-corrected chi connectivity index (χ1v) is 38.1. The summed E-state index contributed by atoms with van der Waals surface area (Å²) in [5.74, 6) is 5.37. The molecule has 14 fully saturated rings. The van der Waals surface area contributed by atoms with Gasteiger partial charge in [0.25, 0.3) is 0 Å². The quantitative estimate of drug-likeness (QED) is 0.0708. The van der Waals surface area contributed by atoms with Crippen molar-refractivity contribution in [1.82, 2.24) is 0 Å². The van der Waals surface area contributed by atoms with Gasteiger partial charge in [0.2, 0.25) is 0 Å². The molecule has 4 saturated carbocycles. The Morgan fingerprint density at radius 1 is 0.538 bits per heavy atom. The summed E-state index contributed by atoms with van der Waals surface area (Å²) in [5, 5.41) is 8.76. The van der Waals surface area contributed by atoms with E-state index in [2.05, 4.69) is 83.1 Å². The molecule has 14 atom stereocenters. The lowest BCUT2D eigenvalue weighted by atomic mass is 9.76. The van der Waals surface area contributed by atoms with Crippen molar-refractivity contribution < 1.29 is 85.6 Å². The second-order valence-electron chi connectivity index (χ2n) is 29.2. The van der Waals surface area contributed by atoms with Crippen molar-refractivity contribution in [1.29, 1.82) is 0 Å². The lowest BCUT2D eigenvalue weighted by molar-refractivity contribution is -0.150. The molecule has 0 amide bonds. The highest BCUT2D eigenvalue weighted by atomic mass is 16.8. The van der Waals surface area contributed by atoms with Gasteiger partial charge in [0.1, 0.15) is 12.2 Å². The van der Waals surface area contributed by atoms with Crippen LogP contribution in [-0.4, -0.2) is 204 Å². The van der Waals surface area contributed by atoms with Gasteiger partial charge in [-0.3, -0.25) is 0 Å². The predicted molar refractivity (Wildman–Crippen MR) is 364 cm³/mol. The fraction of sp³-hybridized carbons (Fsp3) is 1.00. The number of hydrogen-bond donors (Lipinski definition) is 1. The largest absolute Gasteiger partial charge is 0.396 e. The summed E-state index contributed by atoms with van der Waals surface area (Å²) in [6, 6.07) is 0. The van der Waals surface area contributed by atoms with Crippen molar-refractivity contribution in [3.8, 4) is 0 Å². The number of rotatable bonds is 24. The Morgan fingerprint density at radius 3 is 1.58 bits per heavy atom. The number of fused-ring (bicyclic) bond motifs is 7. The van der Waals surface area contributed by atoms with Crippen LogP contribution in [0.1, 0.15) is 239 Å². The summed E-state index contributed by atoms with van der Waals surface area (Å²) in [5.41, 5.74) is 0.819. The van der Waals surface area contributed by atoms with Crippen molar-refractivity contribution in [3.05, 3.63) is 0 Å². The molecule has 10 saturated heterocycles. The third-order valence-corrected chi connectivity index (χ3v) is 21.0. The van der Waals surface area contributed by atoms with Gasteiger partial charge in [-0.2, -0.15) is 0 Å². The molecule has 0 spiro atoms. The zero-order valence-corrected chi connectivity index (χ0v) is 61.9. The van der Waals surface area contributed by atoms with Crippen LogP contribution in [0, 0.1) is 46.3 Å². The van der Waals surface area contributed by atoms with Crippen LogP contribution < -0.4 is 0 Å². The molecule has 0 aromatic heterocycles. The van der Waals surface area contributed by atoms with E-state index >= 15 is 0 Å². The number of unbranched alkanes of at least 4 members (excludes halogenated alkanes) is 1. The highest BCUT2D eigenvalue weighted by molar-refractivity contribution is 5.10. The summed E-state index contributed by atoms with van der Waals surface area (Å²) >= 11 is 0. The van der Waals surface area contributed by atoms with E-state index < -0.39 is 5.79 Å². The van der Waals surface area contributed by atoms with Crippen LogP contribution in [0.4, 0.5) is 0 Å². The Bertz CT molecular complexity index is 1820. The number of ether oxygens (including phenoxy) is 17. The molecule has 14 aliphatic rings. The summed E-state index contributed by atoms with van der Waals surface area (Å²) in [7, 11) is 0. The van der Waals surface area contributed by atoms with Gasteiger partial charge < -0.3 is 85.6 Å². The molecule has 10 heterocycles. The molecule has 2 bridgehead atoms. The van der Waals surface area contributed by atoms with Crippen molar-refractivity contribution >= 4 is 0 Å². The number of aliphatic hydroxyl groups excluding tert-OH is 1. The lowest BCUT2D eigenvalue weighted by Crippen LogP contribution is -2.45. The minimum atomic E-state index is -0.415. The Balaban J connectivity index is 0.000000188. The average Bonchev–Trinajstić information content (AvgIpc) is 1.57. The molecule has 1 N–H and O–H groups in total. The highest BCUT2D eigenvalue weighted by Gasteiger charge is 2.62. The maximum absolute atomic E-state index is 8.76. The first-order valence-electron chi connectivity index (χ1n) is 38.1. The van der Waals surface area contributed by atoms with Crippen LogP contribution >= 0.6 is 0 Å². The average molecular weight is 1330 g/mol. The van der Waals surface area contributed by atoms with E-state index in [1.807, 2.05) is 20.8 Å². The van der Waals surface area contributed by atoms with Crippen LogP contribution in [0.2, 0.25) is 0 Å². The Hall–Kier alpha value is -0.720. The summed E-state index contributed by atoms with van der Waals surface area (Å²) in [4.78, 5) is 0. The normalized spacial score (nSPS) is 33.7. The molecule has 550 valence electrons. The van der Waals surface area contributed by atoms with E-state index in [4.69, 9.17) is 85.6 Å². The molecule has 10 aliphatic heterocycles. The van der Waals surface area contributed by atoms with Crippen molar-refractivity contribution in [2.24, 2.45) is 46.3 Å². The third-order valence-electron chi connectivity index (χ3n) is 21.0. The monoisotopic (exact) mass is 1330 g/mol. The number of hydrogen-bond acceptors (Lipinski definition) is 18. The molecule has 0 aromatic rings. The van der Waals surface area contributed by atoms with Gasteiger partial charge in [-0.15, -0.1) is 0 Å². The molecular formula is C75H142O18. The predicted octanol–water partition coefficient (Wildman–Crippen LogP) is 14.5. The molecule has 0 aromatic carbocycles. The SMILES string of the molecule is CCC(C)C1CCC2(C)OC2C1.CCC1(CO)COC1.CCC1CC2CC1C1OC21.CCC1CCC2OC2C1.CCC1OCCO1.CCCC1OCCO1.CCCCC1OCCO1.CCCOCC1(CC)COC1.CCCOCC1CO1.CCOCC1COC(C)(C)O1. The molecular weight excluding hydrogens is 1190 g/mol. The Kier molecular flexibility index (Phi) is 40.3. The second-order valence-corrected chi connectivity index (χ2v) is 29.2. The van der Waals surface area contributed by atoms with Gasteiger partial charge in [0.05, 0.1) is 142 Å². The molecule has 93 heavy (non-hydrogen) atoms. The van der Waals surface area contributed by atoms with Crippen LogP contribution in [0.25, 0.3) is 0 Å². The standard InChI is InChI=1S/C11H20O.C9H18O2.C9H14O.C8H16O3.C8H14O.C7H14O2.3C6H12O2.C5H10O2/c1-4-8(2)9-5-6-11(3)10(7-9)12-11;1-3-5-10-6-9(4-2)7-11-8-9;1-2-5-3-6-4-7(5)9-8(6)10-9;1-4-9-5-7-6-10-8(2,3)11-7;1-2-6-3-4-7-8(5-6)9-7;1-2-3-4-7-8-5-6-9-7;1-2-6(3-7)4-8-5-6;1-2-3-7-4-6-5-8-6;1-2-3-6-7-4-5-8-6;1-2-5-6-3-4-7-5/h8-10H,4-7H2,1-3H3;3-8H2,1-2H3;5-9H,2-4H2,1H3;7H,4-6H2,1-3H3;6-8H,2-5H2,1H3;7H,2-6H2,1H3;7H,2-5H2,1H3;2*6H,2-5H2,1H3;5H,2-4H2,1H3. The molecule has 14 rings (SSSR count). The zero-order chi connectivity index (χ0) is 67.5. The van der Waals surface area contributed by atoms with E-state index in [1.54, 1.807) is 0 Å². The summed E-state index contributed by atoms with van der Waals surface area (Å²) in [6.45, 7) is 46.9. The van der Waals surface area contributed by atoms with Crippen LogP contribution in [-0.2, 0) is 80.5 Å². The number of epoxide rings is 4. The highest BCUT2D eigenvalue weighted by Crippen LogP contribution is 2.59. The zero-order valence-electron chi connectivity index (χ0n) is 61.9. The van der Waals surface area contributed by atoms with Gasteiger partial charge in [-0.1, -0.05) is 108 Å². The maximum atomic E-state index is 8.76. The van der Waals surface area contributed by atoms with Crippen LogP contribution in [0.15, 0.2) is 0 Å². The first-order chi connectivity index (χ1) is 45.0. The van der Waals surface area contributed by atoms with Crippen molar-refractivity contribution in [3.63, 3.8) is 0 Å². The van der Waals surface area contributed by atoms with Crippen LogP contribution in [0.5, 0.6) is 0 Å². The fourth-order valence-corrected chi connectivity index (χ4v) is 13.6.